The van der Waals surface area contributed by atoms with E-state index >= 15 is 0 Å². The van der Waals surface area contributed by atoms with Crippen LogP contribution < -0.4 is 15.4 Å². The number of carbonyl (C=O) groups excluding carboxylic acids is 1. The molecule has 1 fully saturated rings. The smallest absolute Gasteiger partial charge is 0.239 e. The number of amides is 1. The van der Waals surface area contributed by atoms with Crippen molar-refractivity contribution in [1.82, 2.24) is 10.6 Å². The van der Waals surface area contributed by atoms with Crippen LogP contribution in [0.4, 0.5) is 0 Å². The number of morpholine rings is 1. The Hall–Kier alpha value is -2.08. The molecule has 0 aliphatic carbocycles. The average molecular weight is 363 g/mol. The molecule has 1 atom stereocenters. The maximum Gasteiger partial charge on any atom is 0.239 e. The molecule has 25 heavy (non-hydrogen) atoms. The second kappa shape index (κ2) is 10.0. The number of rotatable bonds is 6. The lowest BCUT2D eigenvalue weighted by molar-refractivity contribution is -0.126. The number of hydrogen-bond donors (Lipinski definition) is 2. The number of ether oxygens (including phenoxy) is 2. The van der Waals surface area contributed by atoms with Crippen LogP contribution in [0.5, 0.6) is 5.75 Å². The zero-order valence-corrected chi connectivity index (χ0v) is 14.8. The highest BCUT2D eigenvalue weighted by atomic mass is 35.5. The van der Waals surface area contributed by atoms with Crippen LogP contribution in [0, 0.1) is 0 Å². The zero-order valence-electron chi connectivity index (χ0n) is 13.9. The molecule has 0 aromatic heterocycles. The van der Waals surface area contributed by atoms with Crippen molar-refractivity contribution >= 4 is 18.3 Å². The highest BCUT2D eigenvalue weighted by Gasteiger charge is 2.20. The summed E-state index contributed by atoms with van der Waals surface area (Å²) in [6.07, 6.45) is 0. The van der Waals surface area contributed by atoms with Gasteiger partial charge in [-0.05, 0) is 23.3 Å². The molecule has 0 radical (unpaired) electrons. The predicted molar refractivity (Wildman–Crippen MR) is 98.9 cm³/mol. The summed E-state index contributed by atoms with van der Waals surface area (Å²) >= 11 is 0. The maximum absolute atomic E-state index is 12.0. The first-order valence-corrected chi connectivity index (χ1v) is 8.16. The van der Waals surface area contributed by atoms with Crippen molar-refractivity contribution in [3.63, 3.8) is 0 Å². The number of hydrogen-bond acceptors (Lipinski definition) is 4. The number of benzene rings is 2. The van der Waals surface area contributed by atoms with Gasteiger partial charge in [-0.1, -0.05) is 42.5 Å². The van der Waals surface area contributed by atoms with Crippen molar-refractivity contribution in [3.8, 4) is 5.75 Å². The summed E-state index contributed by atoms with van der Waals surface area (Å²) in [5, 5.41) is 6.08. The van der Waals surface area contributed by atoms with Crippen LogP contribution in [0.25, 0.3) is 0 Å². The lowest BCUT2D eigenvalue weighted by Gasteiger charge is -2.22. The van der Waals surface area contributed by atoms with E-state index in [2.05, 4.69) is 10.6 Å². The molecule has 2 aromatic rings. The van der Waals surface area contributed by atoms with E-state index < -0.39 is 0 Å². The average Bonchev–Trinajstić information content (AvgIpc) is 2.67. The summed E-state index contributed by atoms with van der Waals surface area (Å²) < 4.78 is 11.0. The van der Waals surface area contributed by atoms with Gasteiger partial charge in [0.1, 0.15) is 18.4 Å². The van der Waals surface area contributed by atoms with Crippen LogP contribution >= 0.6 is 12.4 Å². The Morgan fingerprint density at radius 3 is 2.52 bits per heavy atom. The molecule has 1 aliphatic heterocycles. The fraction of sp³-hybridized carbons (Fsp3) is 0.316. The Morgan fingerprint density at radius 1 is 1.12 bits per heavy atom. The van der Waals surface area contributed by atoms with Crippen molar-refractivity contribution in [1.29, 1.82) is 0 Å². The molecule has 1 unspecified atom stereocenters. The third kappa shape index (κ3) is 6.05. The third-order valence-electron chi connectivity index (χ3n) is 3.88. The largest absolute Gasteiger partial charge is 0.489 e. The number of carbonyl (C=O) groups is 1. The minimum Gasteiger partial charge on any atom is -0.489 e. The Kier molecular flexibility index (Phi) is 7.73. The minimum atomic E-state index is -0.253. The van der Waals surface area contributed by atoms with Crippen molar-refractivity contribution in [3.05, 3.63) is 65.7 Å². The van der Waals surface area contributed by atoms with E-state index in [0.29, 0.717) is 32.9 Å². The van der Waals surface area contributed by atoms with Gasteiger partial charge < -0.3 is 20.1 Å². The van der Waals surface area contributed by atoms with Gasteiger partial charge in [0.05, 0.1) is 13.2 Å². The van der Waals surface area contributed by atoms with Gasteiger partial charge in [0.15, 0.2) is 0 Å². The summed E-state index contributed by atoms with van der Waals surface area (Å²) in [6.45, 7) is 2.85. The van der Waals surface area contributed by atoms with Crippen LogP contribution in [-0.4, -0.2) is 31.7 Å². The first kappa shape index (κ1) is 19.2. The summed E-state index contributed by atoms with van der Waals surface area (Å²) in [5.41, 5.74) is 2.15. The SMILES string of the molecule is Cl.O=C(NCc1ccc(COc2ccccc2)cc1)C1COCCN1. The van der Waals surface area contributed by atoms with E-state index in [1.54, 1.807) is 0 Å². The first-order valence-electron chi connectivity index (χ1n) is 8.16. The highest BCUT2D eigenvalue weighted by molar-refractivity contribution is 5.85. The van der Waals surface area contributed by atoms with Gasteiger partial charge in [-0.15, -0.1) is 12.4 Å². The molecule has 0 saturated carbocycles. The normalized spacial score (nSPS) is 16.6. The Labute approximate surface area is 154 Å². The molecule has 1 aliphatic rings. The summed E-state index contributed by atoms with van der Waals surface area (Å²) in [7, 11) is 0. The second-order valence-corrected chi connectivity index (χ2v) is 5.72. The van der Waals surface area contributed by atoms with Crippen LogP contribution in [-0.2, 0) is 22.7 Å². The van der Waals surface area contributed by atoms with E-state index in [1.807, 2.05) is 54.6 Å². The van der Waals surface area contributed by atoms with E-state index in [1.165, 1.54) is 0 Å². The van der Waals surface area contributed by atoms with Gasteiger partial charge in [0.2, 0.25) is 5.91 Å². The van der Waals surface area contributed by atoms with Crippen molar-refractivity contribution in [2.45, 2.75) is 19.2 Å². The highest BCUT2D eigenvalue weighted by Crippen LogP contribution is 2.12. The fourth-order valence-corrected chi connectivity index (χ4v) is 2.48. The predicted octanol–water partition coefficient (Wildman–Crippen LogP) is 2.29. The third-order valence-corrected chi connectivity index (χ3v) is 3.88. The first-order chi connectivity index (χ1) is 11.8. The Morgan fingerprint density at radius 2 is 1.84 bits per heavy atom. The molecule has 2 N–H and O–H groups in total. The quantitative estimate of drug-likeness (QED) is 0.827. The summed E-state index contributed by atoms with van der Waals surface area (Å²) in [4.78, 5) is 12.0. The molecule has 6 heteroatoms. The van der Waals surface area contributed by atoms with Crippen molar-refractivity contribution < 1.29 is 14.3 Å². The number of halogens is 1. The fourth-order valence-electron chi connectivity index (χ4n) is 2.48. The zero-order chi connectivity index (χ0) is 16.6. The van der Waals surface area contributed by atoms with Crippen molar-refractivity contribution in [2.75, 3.05) is 19.8 Å². The topological polar surface area (TPSA) is 59.6 Å². The molecule has 0 spiro atoms. The van der Waals surface area contributed by atoms with Gasteiger partial charge in [-0.25, -0.2) is 0 Å². The molecule has 2 aromatic carbocycles. The standard InChI is InChI=1S/C19H22N2O3.ClH/c22-19(18-14-23-11-10-20-18)21-12-15-6-8-16(9-7-15)13-24-17-4-2-1-3-5-17;/h1-9,18,20H,10-14H2,(H,21,22);1H. The molecule has 3 rings (SSSR count). The lowest BCUT2D eigenvalue weighted by atomic mass is 10.1. The van der Waals surface area contributed by atoms with Crippen LogP contribution in [0.1, 0.15) is 11.1 Å². The molecule has 0 bridgehead atoms. The minimum absolute atomic E-state index is 0. The molecule has 5 nitrogen and oxygen atoms in total. The van der Waals surface area contributed by atoms with Crippen LogP contribution in [0.15, 0.2) is 54.6 Å². The van der Waals surface area contributed by atoms with E-state index in [0.717, 1.165) is 16.9 Å². The maximum atomic E-state index is 12.0. The van der Waals surface area contributed by atoms with Crippen LogP contribution in [0.2, 0.25) is 0 Å². The molecule has 1 amide bonds. The van der Waals surface area contributed by atoms with E-state index in [-0.39, 0.29) is 24.4 Å². The van der Waals surface area contributed by atoms with Gasteiger partial charge >= 0.3 is 0 Å². The molecule has 1 saturated heterocycles. The Bertz CT molecular complexity index is 643. The van der Waals surface area contributed by atoms with Gasteiger partial charge in [-0.2, -0.15) is 0 Å². The molecular formula is C19H23ClN2O3. The molecular weight excluding hydrogens is 340 g/mol. The summed E-state index contributed by atoms with van der Waals surface area (Å²) in [6, 6.07) is 17.5. The lowest BCUT2D eigenvalue weighted by Crippen LogP contribution is -2.51. The van der Waals surface area contributed by atoms with E-state index in [4.69, 9.17) is 9.47 Å². The Balaban J connectivity index is 0.00000225. The second-order valence-electron chi connectivity index (χ2n) is 5.72. The van der Waals surface area contributed by atoms with Crippen molar-refractivity contribution in [2.24, 2.45) is 0 Å². The van der Waals surface area contributed by atoms with Gasteiger partial charge in [-0.3, -0.25) is 4.79 Å². The monoisotopic (exact) mass is 362 g/mol. The molecule has 1 heterocycles. The van der Waals surface area contributed by atoms with Gasteiger partial charge in [0, 0.05) is 13.1 Å². The van der Waals surface area contributed by atoms with Gasteiger partial charge in [0.25, 0.3) is 0 Å². The number of para-hydroxylation sites is 1. The van der Waals surface area contributed by atoms with E-state index in [9.17, 15) is 4.79 Å². The number of nitrogens with one attached hydrogen (secondary N) is 2. The summed E-state index contributed by atoms with van der Waals surface area (Å²) in [5.74, 6) is 0.835. The van der Waals surface area contributed by atoms with Crippen LogP contribution in [0.3, 0.4) is 0 Å². The molecule has 134 valence electrons.